The minimum absolute atomic E-state index is 0.0470. The van der Waals surface area contributed by atoms with E-state index >= 15 is 0 Å². The van der Waals surface area contributed by atoms with Crippen LogP contribution >= 0.6 is 0 Å². The molecule has 1 amide bonds. The van der Waals surface area contributed by atoms with Crippen LogP contribution < -0.4 is 10.0 Å². The van der Waals surface area contributed by atoms with Crippen LogP contribution in [-0.4, -0.2) is 37.1 Å². The zero-order valence-electron chi connectivity index (χ0n) is 18.8. The first-order chi connectivity index (χ1) is 16.1. The molecule has 0 heterocycles. The van der Waals surface area contributed by atoms with Crippen molar-refractivity contribution in [2.45, 2.75) is 31.6 Å². The third kappa shape index (κ3) is 6.14. The van der Waals surface area contributed by atoms with Crippen LogP contribution in [0.4, 0.5) is 5.69 Å². The molecular weight excluding hydrogens is 456 g/mol. The fourth-order valence-corrected chi connectivity index (χ4v) is 4.51. The summed E-state index contributed by atoms with van der Waals surface area (Å²) in [7, 11) is -3.96. The van der Waals surface area contributed by atoms with E-state index in [2.05, 4.69) is 10.0 Å². The molecule has 3 rings (SSSR count). The molecule has 178 valence electrons. The number of hydrogen-bond donors (Lipinski definition) is 4. The summed E-state index contributed by atoms with van der Waals surface area (Å²) in [5, 5.41) is 22.1. The van der Waals surface area contributed by atoms with Gasteiger partial charge >= 0.3 is 5.97 Å². The van der Waals surface area contributed by atoms with Gasteiger partial charge in [-0.1, -0.05) is 35.9 Å². The van der Waals surface area contributed by atoms with Gasteiger partial charge in [-0.3, -0.25) is 14.3 Å². The maximum atomic E-state index is 13.0. The van der Waals surface area contributed by atoms with Crippen molar-refractivity contribution in [3.8, 4) is 5.75 Å². The van der Waals surface area contributed by atoms with Crippen LogP contribution in [0.5, 0.6) is 5.75 Å². The van der Waals surface area contributed by atoms with Gasteiger partial charge in [-0.05, 0) is 60.9 Å². The van der Waals surface area contributed by atoms with E-state index in [-0.39, 0.29) is 40.6 Å². The molecule has 0 saturated carbocycles. The van der Waals surface area contributed by atoms with Crippen LogP contribution in [0.15, 0.2) is 65.6 Å². The van der Waals surface area contributed by atoms with Crippen LogP contribution in [-0.2, 0) is 27.7 Å². The molecule has 0 aliphatic heterocycles. The fourth-order valence-electron chi connectivity index (χ4n) is 3.42. The first-order valence-electron chi connectivity index (χ1n) is 10.6. The second kappa shape index (κ2) is 10.4. The van der Waals surface area contributed by atoms with E-state index in [1.165, 1.54) is 30.3 Å². The van der Waals surface area contributed by atoms with Crippen molar-refractivity contribution < 1.29 is 28.2 Å². The van der Waals surface area contributed by atoms with Crippen molar-refractivity contribution in [2.75, 3.05) is 11.3 Å². The standard InChI is InChI=1S/C25H26N2O6S/c1-3-26-25(31)19-8-7-18(14-20-12-17(13-24(29)30)6-11-23(20)28)22(15-19)27-34(32,33)21-9-4-16(2)5-10-21/h4-12,15,27-28H,3,13-14H2,1-2H3,(H,26,31)(H,29,30). The molecular formula is C25H26N2O6S. The number of carboxylic acid groups (broad SMARTS) is 1. The number of anilines is 1. The number of carboxylic acids is 1. The van der Waals surface area contributed by atoms with Gasteiger partial charge in [-0.15, -0.1) is 0 Å². The number of amides is 1. The smallest absolute Gasteiger partial charge is 0.307 e. The van der Waals surface area contributed by atoms with Gasteiger partial charge in [-0.2, -0.15) is 0 Å². The van der Waals surface area contributed by atoms with Gasteiger partial charge in [0.15, 0.2) is 0 Å². The van der Waals surface area contributed by atoms with Crippen molar-refractivity contribution in [3.05, 3.63) is 88.5 Å². The number of aryl methyl sites for hydroxylation is 1. The van der Waals surface area contributed by atoms with Crippen molar-refractivity contribution in [1.29, 1.82) is 0 Å². The largest absolute Gasteiger partial charge is 0.508 e. The van der Waals surface area contributed by atoms with E-state index in [4.69, 9.17) is 5.11 Å². The predicted molar refractivity (Wildman–Crippen MR) is 129 cm³/mol. The highest BCUT2D eigenvalue weighted by Crippen LogP contribution is 2.28. The molecule has 8 nitrogen and oxygen atoms in total. The Hall–Kier alpha value is -3.85. The molecule has 0 saturated heterocycles. The highest BCUT2D eigenvalue weighted by molar-refractivity contribution is 7.92. The molecule has 34 heavy (non-hydrogen) atoms. The van der Waals surface area contributed by atoms with Crippen molar-refractivity contribution in [1.82, 2.24) is 5.32 Å². The monoisotopic (exact) mass is 482 g/mol. The molecule has 0 unspecified atom stereocenters. The van der Waals surface area contributed by atoms with Crippen LogP contribution in [0.2, 0.25) is 0 Å². The van der Waals surface area contributed by atoms with E-state index in [1.54, 1.807) is 37.3 Å². The number of carbonyl (C=O) groups excluding carboxylic acids is 1. The van der Waals surface area contributed by atoms with Crippen LogP contribution in [0.3, 0.4) is 0 Å². The number of rotatable bonds is 9. The number of benzene rings is 3. The predicted octanol–water partition coefficient (Wildman–Crippen LogP) is 3.47. The summed E-state index contributed by atoms with van der Waals surface area (Å²) in [6.45, 7) is 4.04. The van der Waals surface area contributed by atoms with E-state index in [9.17, 15) is 23.1 Å². The summed E-state index contributed by atoms with van der Waals surface area (Å²) in [5.74, 6) is -1.40. The van der Waals surface area contributed by atoms with E-state index in [0.717, 1.165) is 5.56 Å². The quantitative estimate of drug-likeness (QED) is 0.369. The summed E-state index contributed by atoms with van der Waals surface area (Å²) < 4.78 is 28.6. The highest BCUT2D eigenvalue weighted by Gasteiger charge is 2.19. The molecule has 3 aromatic rings. The number of phenols is 1. The number of aromatic hydroxyl groups is 1. The van der Waals surface area contributed by atoms with Crippen LogP contribution in [0, 0.1) is 6.92 Å². The maximum absolute atomic E-state index is 13.0. The number of sulfonamides is 1. The van der Waals surface area contributed by atoms with Crippen LogP contribution in [0.1, 0.15) is 39.5 Å². The molecule has 9 heteroatoms. The van der Waals surface area contributed by atoms with Crippen molar-refractivity contribution in [2.24, 2.45) is 0 Å². The maximum Gasteiger partial charge on any atom is 0.307 e. The Morgan fingerprint density at radius 1 is 0.941 bits per heavy atom. The Kier molecular flexibility index (Phi) is 7.57. The second-order valence-electron chi connectivity index (χ2n) is 7.86. The molecule has 0 aromatic heterocycles. The molecule has 0 spiro atoms. The lowest BCUT2D eigenvalue weighted by Crippen LogP contribution is -2.23. The van der Waals surface area contributed by atoms with E-state index < -0.39 is 16.0 Å². The summed E-state index contributed by atoms with van der Waals surface area (Å²) in [6.07, 6.45) is -0.100. The lowest BCUT2D eigenvalue weighted by Gasteiger charge is -2.16. The lowest BCUT2D eigenvalue weighted by atomic mass is 9.98. The topological polar surface area (TPSA) is 133 Å². The number of carbonyl (C=O) groups is 2. The van der Waals surface area contributed by atoms with Gasteiger partial charge < -0.3 is 15.5 Å². The molecule has 4 N–H and O–H groups in total. The van der Waals surface area contributed by atoms with Crippen molar-refractivity contribution >= 4 is 27.6 Å². The molecule has 0 bridgehead atoms. The second-order valence-corrected chi connectivity index (χ2v) is 9.54. The normalized spacial score (nSPS) is 11.1. The molecule has 0 aliphatic carbocycles. The van der Waals surface area contributed by atoms with Gasteiger partial charge in [0.1, 0.15) is 5.75 Å². The average molecular weight is 483 g/mol. The molecule has 0 aliphatic rings. The number of phenolic OH excluding ortho intramolecular Hbond substituents is 1. The van der Waals surface area contributed by atoms with Gasteiger partial charge in [0.25, 0.3) is 15.9 Å². The number of hydrogen-bond acceptors (Lipinski definition) is 5. The Morgan fingerprint density at radius 3 is 2.29 bits per heavy atom. The third-order valence-electron chi connectivity index (χ3n) is 5.17. The summed E-state index contributed by atoms with van der Waals surface area (Å²) in [6, 6.07) is 15.5. The van der Waals surface area contributed by atoms with Crippen LogP contribution in [0.25, 0.3) is 0 Å². The molecule has 0 fully saturated rings. The van der Waals surface area contributed by atoms with Gasteiger partial charge in [0.2, 0.25) is 0 Å². The lowest BCUT2D eigenvalue weighted by molar-refractivity contribution is -0.136. The number of nitrogens with one attached hydrogen (secondary N) is 2. The minimum Gasteiger partial charge on any atom is -0.508 e. The van der Waals surface area contributed by atoms with Gasteiger partial charge in [0.05, 0.1) is 17.0 Å². The Balaban J connectivity index is 2.03. The molecule has 0 atom stereocenters. The summed E-state index contributed by atoms with van der Waals surface area (Å²) >= 11 is 0. The SMILES string of the molecule is CCNC(=O)c1ccc(Cc2cc(CC(=O)O)ccc2O)c(NS(=O)(=O)c2ccc(C)cc2)c1. The minimum atomic E-state index is -3.96. The highest BCUT2D eigenvalue weighted by atomic mass is 32.2. The first kappa shape index (κ1) is 24.8. The summed E-state index contributed by atoms with van der Waals surface area (Å²) in [5.41, 5.74) is 2.81. The van der Waals surface area contributed by atoms with E-state index in [1.807, 2.05) is 6.92 Å². The van der Waals surface area contributed by atoms with Gasteiger partial charge in [0, 0.05) is 18.5 Å². The average Bonchev–Trinajstić information content (AvgIpc) is 2.77. The summed E-state index contributed by atoms with van der Waals surface area (Å²) in [4.78, 5) is 23.5. The number of aliphatic carboxylic acids is 1. The van der Waals surface area contributed by atoms with Crippen molar-refractivity contribution in [3.63, 3.8) is 0 Å². The third-order valence-corrected chi connectivity index (χ3v) is 6.55. The fraction of sp³-hybridized carbons (Fsp3) is 0.200. The first-order valence-corrected chi connectivity index (χ1v) is 12.1. The molecule has 3 aromatic carbocycles. The Labute approximate surface area is 198 Å². The van der Waals surface area contributed by atoms with Gasteiger partial charge in [-0.25, -0.2) is 8.42 Å². The Bertz CT molecular complexity index is 1320. The Morgan fingerprint density at radius 2 is 1.65 bits per heavy atom. The van der Waals surface area contributed by atoms with E-state index in [0.29, 0.717) is 23.2 Å². The zero-order chi connectivity index (χ0) is 24.9. The molecule has 0 radical (unpaired) electrons. The zero-order valence-corrected chi connectivity index (χ0v) is 19.6.